The van der Waals surface area contributed by atoms with Crippen molar-refractivity contribution >= 4 is 56.0 Å². The molecule has 0 spiro atoms. The topological polar surface area (TPSA) is 42.5 Å². The minimum Gasteiger partial charge on any atom is -0.490 e. The first kappa shape index (κ1) is 55.7. The van der Waals surface area contributed by atoms with Gasteiger partial charge in [-0.1, -0.05) is 80.9 Å². The first-order chi connectivity index (χ1) is 32.3. The van der Waals surface area contributed by atoms with Crippen molar-refractivity contribution in [2.45, 2.75) is 114 Å². The summed E-state index contributed by atoms with van der Waals surface area (Å²) in [7, 11) is -8.03. The predicted molar refractivity (Wildman–Crippen MR) is 286 cm³/mol. The molecule has 6 aromatic rings. The third-order valence-corrected chi connectivity index (χ3v) is 15.3. The molecule has 0 aromatic heterocycles. The zero-order chi connectivity index (χ0) is 49.1. The second-order valence-electron chi connectivity index (χ2n) is 18.3. The number of rotatable bonds is 8. The number of fused-ring (bicyclic) bond motifs is 3. The Labute approximate surface area is 425 Å². The monoisotopic (exact) mass is 1060 g/mol. The second kappa shape index (κ2) is 25.8. The molecule has 5 radical (unpaired) electrons. The zero-order valence-corrected chi connectivity index (χ0v) is 45.0. The number of aryl methyl sites for hydroxylation is 8. The summed E-state index contributed by atoms with van der Waals surface area (Å²) < 4.78 is 52.8. The molecule has 4 nitrogen and oxygen atoms in total. The Hall–Kier alpha value is -4.21. The van der Waals surface area contributed by atoms with E-state index in [1.165, 1.54) is 91.4 Å². The van der Waals surface area contributed by atoms with E-state index in [2.05, 4.69) is 214 Å². The van der Waals surface area contributed by atoms with E-state index < -0.39 is 23.4 Å². The van der Waals surface area contributed by atoms with Crippen molar-refractivity contribution in [3.05, 3.63) is 179 Å². The Bertz CT molecular complexity index is 2270. The fourth-order valence-corrected chi connectivity index (χ4v) is 13.6. The van der Waals surface area contributed by atoms with E-state index in [9.17, 15) is 17.3 Å². The van der Waals surface area contributed by atoms with Crippen LogP contribution in [0.3, 0.4) is 0 Å². The largest absolute Gasteiger partial charge is 0.673 e. The summed E-state index contributed by atoms with van der Waals surface area (Å²) in [4.78, 5) is 0. The second-order valence-corrected chi connectivity index (χ2v) is 22.2. The standard InChI is InChI=1S/C49H54N2O2P2.C8H12.BF4.Rh/c1-30-17-31(2)22-40(21-30)54(41-23-32(3)18-33(4)24-41)50-44-13-11-15-46-48(44)49-45(14-12-16-47(49)53-39(10)29-38(9)52-46)51-55(42-25-34(5)19-35(6)26-42)43-27-36(7)20-37(8)28-43;1-2-4-6-8-7-5-3-1;2-1(3,4)5;/h11-28,38-39,50-51H,29H2,1-10H3;1-2,7-8H,3-6H2;;/q;;-1;/t38-,39-;;;/m1.../s1. The van der Waals surface area contributed by atoms with Gasteiger partial charge in [-0.25, -0.2) is 0 Å². The van der Waals surface area contributed by atoms with Gasteiger partial charge >= 0.3 is 7.25 Å². The fourth-order valence-electron chi connectivity index (χ4n) is 8.93. The number of hydrogen-bond donors (Lipinski definition) is 2. The van der Waals surface area contributed by atoms with E-state index >= 15 is 0 Å². The van der Waals surface area contributed by atoms with Crippen LogP contribution >= 0.6 is 16.1 Å². The van der Waals surface area contributed by atoms with Gasteiger partial charge in [0.05, 0.1) is 39.5 Å². The molecule has 1 aliphatic carbocycles. The minimum atomic E-state index is -6.00. The molecule has 0 saturated heterocycles. The third-order valence-electron chi connectivity index (χ3n) is 11.3. The molecule has 1 aliphatic heterocycles. The molecule has 0 unspecified atom stereocenters. The van der Waals surface area contributed by atoms with Crippen molar-refractivity contribution in [1.82, 2.24) is 0 Å². The van der Waals surface area contributed by atoms with E-state index in [1.807, 2.05) is 0 Å². The van der Waals surface area contributed by atoms with Crippen molar-refractivity contribution in [1.29, 1.82) is 0 Å². The quantitative estimate of drug-likeness (QED) is 0.0906. The molecule has 0 amide bonds. The van der Waals surface area contributed by atoms with Gasteiger partial charge in [0, 0.05) is 58.5 Å². The first-order valence-electron chi connectivity index (χ1n) is 23.5. The summed E-state index contributed by atoms with van der Waals surface area (Å²) in [6, 6.07) is 40.7. The van der Waals surface area contributed by atoms with Gasteiger partial charge in [-0.3, -0.25) is 0 Å². The van der Waals surface area contributed by atoms with E-state index in [4.69, 9.17) is 9.47 Å². The molecule has 0 bridgehead atoms. The van der Waals surface area contributed by atoms with Crippen LogP contribution < -0.4 is 40.9 Å². The molecule has 2 aliphatic rings. The minimum absolute atomic E-state index is 0. The average Bonchev–Trinajstić information content (AvgIpc) is 3.25. The van der Waals surface area contributed by atoms with Gasteiger partial charge < -0.3 is 36.9 Å². The summed E-state index contributed by atoms with van der Waals surface area (Å²) in [6.45, 7) is 21.8. The van der Waals surface area contributed by atoms with E-state index in [0.717, 1.165) is 40.4 Å². The van der Waals surface area contributed by atoms with Crippen LogP contribution in [-0.2, 0) is 19.5 Å². The van der Waals surface area contributed by atoms with Gasteiger partial charge in [0.2, 0.25) is 0 Å². The van der Waals surface area contributed by atoms with Crippen LogP contribution in [0.5, 0.6) is 11.5 Å². The Kier molecular flexibility index (Phi) is 20.8. The molecule has 367 valence electrons. The van der Waals surface area contributed by atoms with E-state index in [1.54, 1.807) is 0 Å². The van der Waals surface area contributed by atoms with Crippen LogP contribution in [0.2, 0.25) is 0 Å². The Morgan fingerprint density at radius 2 is 0.681 bits per heavy atom. The van der Waals surface area contributed by atoms with Crippen molar-refractivity contribution in [3.8, 4) is 22.6 Å². The molecule has 6 aromatic carbocycles. The van der Waals surface area contributed by atoms with Gasteiger partial charge in [0.25, 0.3) is 0 Å². The Morgan fingerprint density at radius 1 is 0.435 bits per heavy atom. The molecular formula is C57H66BF4N2O2P2Rh-. The van der Waals surface area contributed by atoms with Crippen molar-refractivity contribution in [2.24, 2.45) is 0 Å². The SMILES string of the molecule is Cc1cc(C)cc(P(Nc2cccc3c2-c2c(NP(c4cc(C)cc(C)c4)c4cc(C)cc(C)c4)cccc2O[C@H](C)C[C@@H](C)O3)c2cc(C)cc(C)c2)c1.F[B-](F)(F)F.[CH]1[CH]CC[CH][CH]CC1.[Rh]. The van der Waals surface area contributed by atoms with Crippen LogP contribution in [-0.4, -0.2) is 19.5 Å². The number of ether oxygens (including phenoxy) is 2. The molecule has 12 heteroatoms. The van der Waals surface area contributed by atoms with Gasteiger partial charge in [0.15, 0.2) is 0 Å². The average molecular weight is 1060 g/mol. The Morgan fingerprint density at radius 3 is 0.928 bits per heavy atom. The normalized spacial score (nSPS) is 15.8. The van der Waals surface area contributed by atoms with E-state index in [-0.39, 0.29) is 31.7 Å². The van der Waals surface area contributed by atoms with Crippen LogP contribution in [0.4, 0.5) is 28.6 Å². The van der Waals surface area contributed by atoms with Gasteiger partial charge in [-0.15, -0.1) is 0 Å². The number of benzene rings is 6. The third kappa shape index (κ3) is 17.0. The molecule has 1 fully saturated rings. The number of anilines is 2. The summed E-state index contributed by atoms with van der Waals surface area (Å²) in [6.07, 6.45) is 14.7. The first-order valence-corrected chi connectivity index (χ1v) is 26.2. The van der Waals surface area contributed by atoms with Gasteiger partial charge in [-0.05, 0) is 193 Å². The van der Waals surface area contributed by atoms with Crippen LogP contribution in [0, 0.1) is 81.1 Å². The van der Waals surface area contributed by atoms with Gasteiger partial charge in [-0.2, -0.15) is 0 Å². The summed E-state index contributed by atoms with van der Waals surface area (Å²) in [5.41, 5.74) is 14.1. The van der Waals surface area contributed by atoms with Crippen molar-refractivity contribution in [2.75, 3.05) is 10.2 Å². The fraction of sp³-hybridized carbons (Fsp3) is 0.298. The number of nitrogens with one attached hydrogen (secondary N) is 2. The predicted octanol–water partition coefficient (Wildman–Crippen LogP) is 15.4. The van der Waals surface area contributed by atoms with Crippen molar-refractivity contribution < 1.29 is 46.2 Å². The molecule has 1 heterocycles. The summed E-state index contributed by atoms with van der Waals surface area (Å²) in [5, 5.41) is 13.5. The van der Waals surface area contributed by atoms with Gasteiger partial charge in [0.1, 0.15) is 11.5 Å². The molecule has 1 saturated carbocycles. The number of halogens is 4. The maximum Gasteiger partial charge on any atom is 0.673 e. The van der Waals surface area contributed by atoms with Crippen LogP contribution in [0.15, 0.2) is 109 Å². The molecule has 69 heavy (non-hydrogen) atoms. The molecule has 2 N–H and O–H groups in total. The zero-order valence-electron chi connectivity index (χ0n) is 41.5. The molecular weight excluding hydrogens is 996 g/mol. The smallest absolute Gasteiger partial charge is 0.490 e. The van der Waals surface area contributed by atoms with Crippen LogP contribution in [0.1, 0.15) is 90.5 Å². The molecule has 2 atom stereocenters. The number of hydrogen-bond acceptors (Lipinski definition) is 4. The Balaban J connectivity index is 0.000000554. The van der Waals surface area contributed by atoms with Crippen LogP contribution in [0.25, 0.3) is 11.1 Å². The molecule has 8 rings (SSSR count). The maximum atomic E-state index is 9.75. The van der Waals surface area contributed by atoms with E-state index in [0.29, 0.717) is 0 Å². The summed E-state index contributed by atoms with van der Waals surface area (Å²) >= 11 is 0. The van der Waals surface area contributed by atoms with Crippen molar-refractivity contribution in [3.63, 3.8) is 0 Å². The summed E-state index contributed by atoms with van der Waals surface area (Å²) in [5.74, 6) is 1.70. The maximum absolute atomic E-state index is 9.75.